The molecule has 12 rings (SSSR count). The third-order valence-corrected chi connectivity index (χ3v) is 11.3. The number of para-hydroxylation sites is 4. The van der Waals surface area contributed by atoms with E-state index in [1.54, 1.807) is 0 Å². The highest BCUT2D eigenvalue weighted by Crippen LogP contribution is 2.45. The van der Waals surface area contributed by atoms with Crippen molar-refractivity contribution in [1.82, 2.24) is 0 Å². The Hall–Kier alpha value is -6.98. The molecule has 10 aromatic rings. The lowest BCUT2D eigenvalue weighted by Gasteiger charge is -2.44. The Bertz CT molecular complexity index is 3100. The van der Waals surface area contributed by atoms with Gasteiger partial charge in [-0.25, -0.2) is 0 Å². The predicted molar refractivity (Wildman–Crippen MR) is 220 cm³/mol. The van der Waals surface area contributed by atoms with Crippen molar-refractivity contribution in [3.05, 3.63) is 176 Å². The zero-order valence-corrected chi connectivity index (χ0v) is 28.5. The highest BCUT2D eigenvalue weighted by molar-refractivity contribution is 7.00. The summed E-state index contributed by atoms with van der Waals surface area (Å²) in [5.41, 5.74) is 16.9. The van der Waals surface area contributed by atoms with Gasteiger partial charge in [0.25, 0.3) is 6.71 Å². The fourth-order valence-electron chi connectivity index (χ4n) is 8.95. The van der Waals surface area contributed by atoms with Crippen molar-refractivity contribution in [3.8, 4) is 11.1 Å². The van der Waals surface area contributed by atoms with Crippen LogP contribution in [0.3, 0.4) is 0 Å². The number of nitrogens with zero attached hydrogens (tertiary/aromatic N) is 2. The van der Waals surface area contributed by atoms with E-state index in [-0.39, 0.29) is 6.71 Å². The van der Waals surface area contributed by atoms with E-state index in [0.29, 0.717) is 0 Å². The fourth-order valence-corrected chi connectivity index (χ4v) is 8.95. The number of fused-ring (bicyclic) bond motifs is 10. The van der Waals surface area contributed by atoms with Crippen LogP contribution >= 0.6 is 0 Å². The second-order valence-corrected chi connectivity index (χ2v) is 14.1. The Labute approximate surface area is 305 Å². The van der Waals surface area contributed by atoms with Gasteiger partial charge < -0.3 is 18.6 Å². The largest absolute Gasteiger partial charge is 0.456 e. The van der Waals surface area contributed by atoms with Gasteiger partial charge in [-0.15, -0.1) is 0 Å². The Morgan fingerprint density at radius 2 is 0.811 bits per heavy atom. The van der Waals surface area contributed by atoms with Crippen LogP contribution in [0.25, 0.3) is 55.0 Å². The zero-order chi connectivity index (χ0) is 34.6. The quantitative estimate of drug-likeness (QED) is 0.174. The van der Waals surface area contributed by atoms with Crippen LogP contribution in [0.5, 0.6) is 0 Å². The summed E-state index contributed by atoms with van der Waals surface area (Å²) in [5, 5.41) is 4.53. The maximum Gasteiger partial charge on any atom is 0.252 e. The van der Waals surface area contributed by atoms with E-state index in [2.05, 4.69) is 161 Å². The highest BCUT2D eigenvalue weighted by atomic mass is 16.3. The van der Waals surface area contributed by atoms with E-state index in [9.17, 15) is 0 Å². The Balaban J connectivity index is 1.02. The number of hydrogen-bond donors (Lipinski definition) is 0. The first-order chi connectivity index (χ1) is 26.3. The Kier molecular flexibility index (Phi) is 5.83. The molecule has 0 fully saturated rings. The van der Waals surface area contributed by atoms with Crippen molar-refractivity contribution in [2.75, 3.05) is 9.80 Å². The SMILES string of the molecule is c1ccc2c(c1)B1c3ccccc3N(c3ccc4oc5ccccc5c4c3)c3cccc(c31)N2c1ccc(-c2ccc3oc4ccccc4c3c2)cc1. The van der Waals surface area contributed by atoms with Gasteiger partial charge in [0.2, 0.25) is 0 Å². The van der Waals surface area contributed by atoms with Crippen LogP contribution in [0.4, 0.5) is 34.1 Å². The number of anilines is 6. The van der Waals surface area contributed by atoms with Crippen LogP contribution in [-0.4, -0.2) is 6.71 Å². The van der Waals surface area contributed by atoms with Crippen molar-refractivity contribution in [3.63, 3.8) is 0 Å². The van der Waals surface area contributed by atoms with E-state index >= 15 is 0 Å². The molecule has 53 heavy (non-hydrogen) atoms. The minimum Gasteiger partial charge on any atom is -0.456 e. The molecule has 0 saturated heterocycles. The Morgan fingerprint density at radius 3 is 1.47 bits per heavy atom. The number of hydrogen-bond acceptors (Lipinski definition) is 4. The van der Waals surface area contributed by atoms with E-state index in [0.717, 1.165) is 55.3 Å². The van der Waals surface area contributed by atoms with E-state index in [1.165, 1.54) is 50.3 Å². The fraction of sp³-hybridized carbons (Fsp3) is 0. The summed E-state index contributed by atoms with van der Waals surface area (Å²) in [5.74, 6) is 0. The van der Waals surface area contributed by atoms with Gasteiger partial charge in [-0.05, 0) is 106 Å². The first-order valence-electron chi connectivity index (χ1n) is 18.1. The van der Waals surface area contributed by atoms with Crippen LogP contribution in [-0.2, 0) is 0 Å². The zero-order valence-electron chi connectivity index (χ0n) is 28.5. The number of furan rings is 2. The molecule has 0 saturated carbocycles. The van der Waals surface area contributed by atoms with Crippen LogP contribution in [0.15, 0.2) is 185 Å². The normalized spacial score (nSPS) is 13.2. The summed E-state index contributed by atoms with van der Waals surface area (Å²) in [6, 6.07) is 63.2. The molecular weight excluding hydrogens is 647 g/mol. The maximum atomic E-state index is 6.24. The molecule has 4 nitrogen and oxygen atoms in total. The molecule has 0 spiro atoms. The standard InChI is InChI=1S/C48H29BN2O2/c1-7-18-44-34(10-1)36-28-31(22-26-46(36)52-44)30-20-23-32(24-21-30)50-40-14-5-3-12-38(40)49-39-13-4-6-15-41(39)51(43-17-9-16-42(50)48(43)49)33-25-27-47-37(29-33)35-11-2-8-19-45(35)53-47/h1-29H. The predicted octanol–water partition coefficient (Wildman–Crippen LogP) is 11.2. The van der Waals surface area contributed by atoms with E-state index in [4.69, 9.17) is 8.83 Å². The topological polar surface area (TPSA) is 32.8 Å². The summed E-state index contributed by atoms with van der Waals surface area (Å²) >= 11 is 0. The lowest BCUT2D eigenvalue weighted by atomic mass is 9.33. The monoisotopic (exact) mass is 676 g/mol. The van der Waals surface area contributed by atoms with Crippen molar-refractivity contribution >= 4 is 101 Å². The molecule has 0 N–H and O–H groups in total. The lowest BCUT2D eigenvalue weighted by Crippen LogP contribution is -2.61. The summed E-state index contributed by atoms with van der Waals surface area (Å²) in [6.45, 7) is 0.0929. The van der Waals surface area contributed by atoms with Gasteiger partial charge in [-0.2, -0.15) is 0 Å². The number of benzene rings is 8. The summed E-state index contributed by atoms with van der Waals surface area (Å²) < 4.78 is 12.4. The van der Waals surface area contributed by atoms with Gasteiger partial charge in [0, 0.05) is 55.7 Å². The van der Waals surface area contributed by atoms with Crippen molar-refractivity contribution in [2.24, 2.45) is 0 Å². The van der Waals surface area contributed by atoms with Crippen LogP contribution in [0, 0.1) is 0 Å². The van der Waals surface area contributed by atoms with E-state index in [1.807, 2.05) is 24.3 Å². The highest BCUT2D eigenvalue weighted by Gasteiger charge is 2.42. The molecule has 8 aromatic carbocycles. The maximum absolute atomic E-state index is 6.24. The van der Waals surface area contributed by atoms with Gasteiger partial charge in [-0.1, -0.05) is 97.1 Å². The van der Waals surface area contributed by atoms with Crippen molar-refractivity contribution < 1.29 is 8.83 Å². The molecule has 0 amide bonds. The minimum atomic E-state index is 0.0929. The van der Waals surface area contributed by atoms with Gasteiger partial charge in [-0.3, -0.25) is 0 Å². The molecule has 4 heterocycles. The average Bonchev–Trinajstić information content (AvgIpc) is 3.78. The molecular formula is C48H29BN2O2. The molecule has 2 aromatic heterocycles. The third kappa shape index (κ3) is 4.07. The summed E-state index contributed by atoms with van der Waals surface area (Å²) in [4.78, 5) is 4.89. The summed E-state index contributed by atoms with van der Waals surface area (Å²) in [7, 11) is 0. The van der Waals surface area contributed by atoms with E-state index < -0.39 is 0 Å². The van der Waals surface area contributed by atoms with Gasteiger partial charge in [0.15, 0.2) is 0 Å². The molecule has 0 bridgehead atoms. The first-order valence-corrected chi connectivity index (χ1v) is 18.1. The molecule has 0 aliphatic carbocycles. The molecule has 5 heteroatoms. The first kappa shape index (κ1) is 28.7. The lowest BCUT2D eigenvalue weighted by molar-refractivity contribution is 0.668. The third-order valence-electron chi connectivity index (χ3n) is 11.3. The van der Waals surface area contributed by atoms with Crippen molar-refractivity contribution in [1.29, 1.82) is 0 Å². The van der Waals surface area contributed by atoms with Crippen LogP contribution < -0.4 is 26.2 Å². The van der Waals surface area contributed by atoms with Gasteiger partial charge in [0.05, 0.1) is 0 Å². The van der Waals surface area contributed by atoms with Crippen LogP contribution in [0.1, 0.15) is 0 Å². The molecule has 246 valence electrons. The van der Waals surface area contributed by atoms with Crippen molar-refractivity contribution in [2.45, 2.75) is 0 Å². The average molecular weight is 677 g/mol. The minimum absolute atomic E-state index is 0.0929. The van der Waals surface area contributed by atoms with Crippen LogP contribution in [0.2, 0.25) is 0 Å². The number of rotatable bonds is 3. The van der Waals surface area contributed by atoms with Gasteiger partial charge in [0.1, 0.15) is 22.3 Å². The molecule has 0 unspecified atom stereocenters. The van der Waals surface area contributed by atoms with Gasteiger partial charge >= 0.3 is 0 Å². The smallest absolute Gasteiger partial charge is 0.252 e. The molecule has 0 radical (unpaired) electrons. The second-order valence-electron chi connectivity index (χ2n) is 14.1. The molecule has 2 aliphatic heterocycles. The second kappa shape index (κ2) is 10.8. The Morgan fingerprint density at radius 1 is 0.340 bits per heavy atom. The molecule has 2 aliphatic rings. The summed E-state index contributed by atoms with van der Waals surface area (Å²) in [6.07, 6.45) is 0. The molecule has 0 atom stereocenters.